The Morgan fingerprint density at radius 3 is 2.72 bits per heavy atom. The average Bonchev–Trinajstić information content (AvgIpc) is 3.23. The van der Waals surface area contributed by atoms with Crippen molar-refractivity contribution in [1.29, 1.82) is 5.26 Å². The lowest BCUT2D eigenvalue weighted by molar-refractivity contribution is 0.122. The molecular weight excluding hydrogens is 366 g/mol. The molecular formula is C21H23N7O. The van der Waals surface area contributed by atoms with E-state index < -0.39 is 0 Å². The molecule has 0 radical (unpaired) electrons. The molecule has 8 nitrogen and oxygen atoms in total. The van der Waals surface area contributed by atoms with Crippen LogP contribution in [0.15, 0.2) is 42.9 Å². The van der Waals surface area contributed by atoms with E-state index in [2.05, 4.69) is 43.5 Å². The topological polar surface area (TPSA) is 91.9 Å². The maximum atomic E-state index is 8.74. The molecule has 8 heteroatoms. The van der Waals surface area contributed by atoms with Crippen LogP contribution >= 0.6 is 0 Å². The molecule has 0 bridgehead atoms. The zero-order chi connectivity index (χ0) is 20.1. The smallest absolute Gasteiger partial charge is 0.227 e. The van der Waals surface area contributed by atoms with Gasteiger partial charge in [-0.3, -0.25) is 4.68 Å². The van der Waals surface area contributed by atoms with Gasteiger partial charge in [-0.2, -0.15) is 10.4 Å². The minimum absolute atomic E-state index is 0.428. The maximum Gasteiger partial charge on any atom is 0.227 e. The molecule has 0 unspecified atom stereocenters. The summed E-state index contributed by atoms with van der Waals surface area (Å²) in [5.74, 6) is 0.537. The Morgan fingerprint density at radius 2 is 1.97 bits per heavy atom. The third-order valence-corrected chi connectivity index (χ3v) is 4.83. The van der Waals surface area contributed by atoms with Gasteiger partial charge in [-0.25, -0.2) is 9.97 Å². The van der Waals surface area contributed by atoms with Crippen LogP contribution in [0.25, 0.3) is 11.3 Å². The number of ether oxygens (including phenoxy) is 1. The Morgan fingerprint density at radius 1 is 1.17 bits per heavy atom. The number of hydrogen-bond donors (Lipinski definition) is 1. The third kappa shape index (κ3) is 4.52. The van der Waals surface area contributed by atoms with Crippen molar-refractivity contribution in [2.45, 2.75) is 19.9 Å². The molecule has 1 N–H and O–H groups in total. The van der Waals surface area contributed by atoms with Gasteiger partial charge in [-0.1, -0.05) is 0 Å². The number of aryl methyl sites for hydroxylation is 2. The molecule has 0 aliphatic carbocycles. The van der Waals surface area contributed by atoms with Crippen molar-refractivity contribution < 1.29 is 4.74 Å². The van der Waals surface area contributed by atoms with Crippen LogP contribution in [0.1, 0.15) is 12.0 Å². The van der Waals surface area contributed by atoms with E-state index in [1.807, 2.05) is 25.3 Å². The number of hydrogen-bond acceptors (Lipinski definition) is 7. The van der Waals surface area contributed by atoms with Gasteiger partial charge in [0.2, 0.25) is 5.95 Å². The molecule has 2 aromatic heterocycles. The van der Waals surface area contributed by atoms with Crippen LogP contribution in [0.4, 0.5) is 17.3 Å². The molecule has 1 fully saturated rings. The summed E-state index contributed by atoms with van der Waals surface area (Å²) in [5.41, 5.74) is 4.83. The summed E-state index contributed by atoms with van der Waals surface area (Å²) in [6.07, 6.45) is 5.91. The summed E-state index contributed by atoms with van der Waals surface area (Å²) >= 11 is 0. The molecule has 1 aromatic carbocycles. The molecule has 29 heavy (non-hydrogen) atoms. The molecule has 0 amide bonds. The molecule has 3 aromatic rings. The second kappa shape index (κ2) is 8.71. The number of rotatable bonds is 6. The van der Waals surface area contributed by atoms with Gasteiger partial charge < -0.3 is 15.0 Å². The van der Waals surface area contributed by atoms with Gasteiger partial charge in [0.25, 0.3) is 0 Å². The van der Waals surface area contributed by atoms with E-state index in [0.29, 0.717) is 18.9 Å². The van der Waals surface area contributed by atoms with Gasteiger partial charge in [0.05, 0.1) is 44.1 Å². The first-order valence-corrected chi connectivity index (χ1v) is 9.66. The van der Waals surface area contributed by atoms with Gasteiger partial charge >= 0.3 is 0 Å². The van der Waals surface area contributed by atoms with Crippen molar-refractivity contribution in [3.05, 3.63) is 48.4 Å². The van der Waals surface area contributed by atoms with Crippen LogP contribution in [0.2, 0.25) is 0 Å². The highest BCUT2D eigenvalue weighted by Crippen LogP contribution is 2.24. The van der Waals surface area contributed by atoms with Gasteiger partial charge in [-0.05, 0) is 36.8 Å². The first-order valence-electron chi connectivity index (χ1n) is 9.66. The van der Waals surface area contributed by atoms with Crippen LogP contribution in [0.3, 0.4) is 0 Å². The van der Waals surface area contributed by atoms with Crippen molar-refractivity contribution in [3.8, 4) is 17.3 Å². The minimum Gasteiger partial charge on any atom is -0.378 e. The van der Waals surface area contributed by atoms with Crippen molar-refractivity contribution in [3.63, 3.8) is 0 Å². The second-order valence-corrected chi connectivity index (χ2v) is 6.90. The summed E-state index contributed by atoms with van der Waals surface area (Å²) in [6, 6.07) is 10.4. The molecule has 0 saturated carbocycles. The Bertz CT molecular complexity index is 1000. The lowest BCUT2D eigenvalue weighted by atomic mass is 10.1. The normalized spacial score (nSPS) is 13.9. The van der Waals surface area contributed by atoms with Crippen molar-refractivity contribution in [1.82, 2.24) is 19.7 Å². The molecule has 0 atom stereocenters. The summed E-state index contributed by atoms with van der Waals surface area (Å²) in [7, 11) is 0. The minimum atomic E-state index is 0.428. The maximum absolute atomic E-state index is 8.74. The summed E-state index contributed by atoms with van der Waals surface area (Å²) in [6.45, 7) is 5.92. The number of morpholine rings is 1. The first kappa shape index (κ1) is 18.9. The van der Waals surface area contributed by atoms with E-state index in [1.54, 1.807) is 17.1 Å². The Labute approximate surface area is 169 Å². The largest absolute Gasteiger partial charge is 0.378 e. The summed E-state index contributed by atoms with van der Waals surface area (Å²) < 4.78 is 7.17. The molecule has 4 rings (SSSR count). The Balaban J connectivity index is 1.49. The standard InChI is InChI=1S/C21H23N7O/c1-16-13-23-21(26-20(16)17-14-24-28(15-17)8-2-7-22)25-18-3-5-19(6-4-18)27-9-11-29-12-10-27/h3-6,13-15H,2,8-12H2,1H3,(H,23,25,26). The van der Waals surface area contributed by atoms with E-state index >= 15 is 0 Å². The Hall–Kier alpha value is -3.44. The molecule has 148 valence electrons. The van der Waals surface area contributed by atoms with Gasteiger partial charge in [0.15, 0.2) is 0 Å². The summed E-state index contributed by atoms with van der Waals surface area (Å²) in [4.78, 5) is 11.4. The number of nitrogens with zero attached hydrogens (tertiary/aromatic N) is 6. The third-order valence-electron chi connectivity index (χ3n) is 4.83. The van der Waals surface area contributed by atoms with Crippen molar-refractivity contribution in [2.24, 2.45) is 0 Å². The van der Waals surface area contributed by atoms with Crippen LogP contribution < -0.4 is 10.2 Å². The highest BCUT2D eigenvalue weighted by molar-refractivity contribution is 5.65. The number of benzene rings is 1. The van der Waals surface area contributed by atoms with E-state index in [-0.39, 0.29) is 0 Å². The van der Waals surface area contributed by atoms with E-state index in [1.165, 1.54) is 5.69 Å². The summed E-state index contributed by atoms with van der Waals surface area (Å²) in [5, 5.41) is 16.3. The lowest BCUT2D eigenvalue weighted by Crippen LogP contribution is -2.36. The fourth-order valence-corrected chi connectivity index (χ4v) is 3.27. The quantitative estimate of drug-likeness (QED) is 0.692. The number of nitrogens with one attached hydrogen (secondary N) is 1. The SMILES string of the molecule is Cc1cnc(Nc2ccc(N3CCOCC3)cc2)nc1-c1cnn(CCC#N)c1. The molecule has 0 spiro atoms. The monoisotopic (exact) mass is 389 g/mol. The van der Waals surface area contributed by atoms with Crippen LogP contribution in [0, 0.1) is 18.3 Å². The fourth-order valence-electron chi connectivity index (χ4n) is 3.27. The molecule has 1 aliphatic rings. The predicted molar refractivity (Wildman–Crippen MR) is 111 cm³/mol. The number of aromatic nitrogens is 4. The van der Waals surface area contributed by atoms with Gasteiger partial charge in [0, 0.05) is 42.4 Å². The Kier molecular flexibility index (Phi) is 5.68. The zero-order valence-corrected chi connectivity index (χ0v) is 16.4. The molecule has 1 saturated heterocycles. The van der Waals surface area contributed by atoms with E-state index in [9.17, 15) is 0 Å². The van der Waals surface area contributed by atoms with Crippen molar-refractivity contribution >= 4 is 17.3 Å². The average molecular weight is 389 g/mol. The molecule has 3 heterocycles. The second-order valence-electron chi connectivity index (χ2n) is 6.90. The first-order chi connectivity index (χ1) is 14.2. The van der Waals surface area contributed by atoms with Gasteiger partial charge in [-0.15, -0.1) is 0 Å². The highest BCUT2D eigenvalue weighted by Gasteiger charge is 2.12. The highest BCUT2D eigenvalue weighted by atomic mass is 16.5. The zero-order valence-electron chi connectivity index (χ0n) is 16.4. The van der Waals surface area contributed by atoms with E-state index in [4.69, 9.17) is 10.00 Å². The number of nitriles is 1. The van der Waals surface area contributed by atoms with Crippen LogP contribution in [-0.4, -0.2) is 46.1 Å². The van der Waals surface area contributed by atoms with Crippen molar-refractivity contribution in [2.75, 3.05) is 36.5 Å². The predicted octanol–water partition coefficient (Wildman–Crippen LogP) is 3.14. The fraction of sp³-hybridized carbons (Fsp3) is 0.333. The number of anilines is 3. The van der Waals surface area contributed by atoms with Crippen LogP contribution in [0.5, 0.6) is 0 Å². The van der Waals surface area contributed by atoms with Crippen LogP contribution in [-0.2, 0) is 11.3 Å². The van der Waals surface area contributed by atoms with Gasteiger partial charge in [0.1, 0.15) is 0 Å². The lowest BCUT2D eigenvalue weighted by Gasteiger charge is -2.28. The van der Waals surface area contributed by atoms with E-state index in [0.717, 1.165) is 48.8 Å². The molecule has 1 aliphatic heterocycles.